The lowest BCUT2D eigenvalue weighted by Crippen LogP contribution is -2.25. The fraction of sp³-hybridized carbons (Fsp3) is 0.480. The summed E-state index contributed by atoms with van der Waals surface area (Å²) in [5, 5.41) is 9.60. The van der Waals surface area contributed by atoms with Crippen LogP contribution in [0.2, 0.25) is 0 Å². The summed E-state index contributed by atoms with van der Waals surface area (Å²) in [5.74, 6) is -5.13. The molecular formula is C25H28F4O2. The lowest BCUT2D eigenvalue weighted by Gasteiger charge is -2.31. The van der Waals surface area contributed by atoms with E-state index in [1.807, 2.05) is 0 Å². The van der Waals surface area contributed by atoms with Crippen molar-refractivity contribution in [3.05, 3.63) is 58.9 Å². The largest absolute Gasteiger partial charge is 0.478 e. The standard InChI is InChI=1S/C25H28F4O2/c1-2-3-5-15-8-10-16(11-9-15)21(26)14-20-18(6-4-7-19(20)25(30)31)17-12-22(27)24(29)23(28)13-17/h4,6-7,12-13,15-16,21H,2-3,5,8-11,14H2,1H3,(H,30,31). The number of hydrogen-bond acceptors (Lipinski definition) is 1. The smallest absolute Gasteiger partial charge is 0.335 e. The number of unbranched alkanes of at least 4 members (excludes halogenated alkanes) is 1. The van der Waals surface area contributed by atoms with E-state index in [2.05, 4.69) is 6.92 Å². The maximum Gasteiger partial charge on any atom is 0.335 e. The van der Waals surface area contributed by atoms with Crippen molar-refractivity contribution < 1.29 is 27.5 Å². The highest BCUT2D eigenvalue weighted by Crippen LogP contribution is 2.37. The average Bonchev–Trinajstić information content (AvgIpc) is 2.76. The summed E-state index contributed by atoms with van der Waals surface area (Å²) in [6.45, 7) is 2.15. The molecule has 168 valence electrons. The van der Waals surface area contributed by atoms with Crippen LogP contribution in [0.25, 0.3) is 11.1 Å². The highest BCUT2D eigenvalue weighted by atomic mass is 19.2. The number of alkyl halides is 1. The van der Waals surface area contributed by atoms with Gasteiger partial charge in [-0.1, -0.05) is 51.2 Å². The third kappa shape index (κ3) is 5.46. The van der Waals surface area contributed by atoms with Crippen LogP contribution >= 0.6 is 0 Å². The SMILES string of the molecule is CCCCC1CCC(C(F)Cc2c(C(=O)O)cccc2-c2cc(F)c(F)c(F)c2)CC1. The normalized spacial score (nSPS) is 19.9. The van der Waals surface area contributed by atoms with E-state index >= 15 is 4.39 Å². The molecule has 0 radical (unpaired) electrons. The van der Waals surface area contributed by atoms with E-state index in [1.54, 1.807) is 0 Å². The van der Waals surface area contributed by atoms with E-state index in [-0.39, 0.29) is 34.6 Å². The van der Waals surface area contributed by atoms with Crippen molar-refractivity contribution in [1.29, 1.82) is 0 Å². The number of carboxylic acids is 1. The van der Waals surface area contributed by atoms with Crippen molar-refractivity contribution in [3.63, 3.8) is 0 Å². The van der Waals surface area contributed by atoms with E-state index in [9.17, 15) is 23.1 Å². The predicted octanol–water partition coefficient (Wildman–Crippen LogP) is 7.35. The van der Waals surface area contributed by atoms with Gasteiger partial charge >= 0.3 is 5.97 Å². The van der Waals surface area contributed by atoms with Crippen molar-refractivity contribution in [1.82, 2.24) is 0 Å². The summed E-state index contributed by atoms with van der Waals surface area (Å²) in [6, 6.07) is 5.91. The van der Waals surface area contributed by atoms with E-state index < -0.39 is 29.6 Å². The molecule has 0 spiro atoms. The van der Waals surface area contributed by atoms with Gasteiger partial charge in [0, 0.05) is 6.42 Å². The number of halogens is 4. The van der Waals surface area contributed by atoms with E-state index in [0.29, 0.717) is 5.92 Å². The second-order valence-electron chi connectivity index (χ2n) is 8.53. The third-order valence-electron chi connectivity index (χ3n) is 6.47. The number of rotatable bonds is 8. The first-order chi connectivity index (χ1) is 14.8. The number of hydrogen-bond donors (Lipinski definition) is 1. The maximum absolute atomic E-state index is 15.3. The van der Waals surface area contributed by atoms with Gasteiger partial charge in [0.05, 0.1) is 5.56 Å². The molecule has 1 fully saturated rings. The summed E-state index contributed by atoms with van der Waals surface area (Å²) in [7, 11) is 0. The number of carboxylic acid groups (broad SMARTS) is 1. The Morgan fingerprint density at radius 3 is 2.32 bits per heavy atom. The molecule has 2 aromatic rings. The molecule has 0 amide bonds. The summed E-state index contributed by atoms with van der Waals surface area (Å²) >= 11 is 0. The van der Waals surface area contributed by atoms with Crippen LogP contribution in [0, 0.1) is 29.3 Å². The maximum atomic E-state index is 15.3. The van der Waals surface area contributed by atoms with Crippen molar-refractivity contribution in [2.24, 2.45) is 11.8 Å². The van der Waals surface area contributed by atoms with E-state index in [1.165, 1.54) is 24.6 Å². The van der Waals surface area contributed by atoms with Crippen LogP contribution in [0.1, 0.15) is 67.8 Å². The Morgan fingerprint density at radius 2 is 1.74 bits per heavy atom. The second kappa shape index (κ2) is 10.3. The Morgan fingerprint density at radius 1 is 1.10 bits per heavy atom. The Kier molecular flexibility index (Phi) is 7.74. The molecule has 2 nitrogen and oxygen atoms in total. The van der Waals surface area contributed by atoms with Gasteiger partial charge in [0.2, 0.25) is 0 Å². The highest BCUT2D eigenvalue weighted by Gasteiger charge is 2.29. The zero-order chi connectivity index (χ0) is 22.5. The topological polar surface area (TPSA) is 37.3 Å². The summed E-state index contributed by atoms with van der Waals surface area (Å²) < 4.78 is 56.3. The third-order valence-corrected chi connectivity index (χ3v) is 6.47. The summed E-state index contributed by atoms with van der Waals surface area (Å²) in [4.78, 5) is 11.8. The van der Waals surface area contributed by atoms with Crippen LogP contribution in [0.4, 0.5) is 17.6 Å². The Balaban J connectivity index is 1.86. The van der Waals surface area contributed by atoms with E-state index in [0.717, 1.165) is 50.7 Å². The minimum absolute atomic E-state index is 0.00928. The summed E-state index contributed by atoms with van der Waals surface area (Å²) in [5.41, 5.74) is 0.268. The van der Waals surface area contributed by atoms with E-state index in [4.69, 9.17) is 0 Å². The van der Waals surface area contributed by atoms with Gasteiger partial charge in [-0.3, -0.25) is 0 Å². The molecule has 0 bridgehead atoms. The molecular weight excluding hydrogens is 408 g/mol. The molecule has 1 atom stereocenters. The molecule has 0 heterocycles. The Labute approximate surface area is 180 Å². The van der Waals surface area contributed by atoms with Gasteiger partial charge in [-0.2, -0.15) is 0 Å². The average molecular weight is 436 g/mol. The molecule has 1 N–H and O–H groups in total. The Bertz CT molecular complexity index is 897. The quantitative estimate of drug-likeness (QED) is 0.347. The van der Waals surface area contributed by atoms with Gasteiger partial charge in [0.1, 0.15) is 6.17 Å². The second-order valence-corrected chi connectivity index (χ2v) is 8.53. The number of benzene rings is 2. The molecule has 1 aliphatic rings. The van der Waals surface area contributed by atoms with Crippen molar-refractivity contribution in [3.8, 4) is 11.1 Å². The van der Waals surface area contributed by atoms with Gasteiger partial charge in [-0.05, 0) is 59.6 Å². The van der Waals surface area contributed by atoms with Crippen LogP contribution in [0.3, 0.4) is 0 Å². The van der Waals surface area contributed by atoms with Crippen LogP contribution in [0.15, 0.2) is 30.3 Å². The summed E-state index contributed by atoms with van der Waals surface area (Å²) in [6.07, 6.45) is 5.48. The fourth-order valence-electron chi connectivity index (χ4n) is 4.68. The van der Waals surface area contributed by atoms with Crippen molar-refractivity contribution >= 4 is 5.97 Å². The zero-order valence-corrected chi connectivity index (χ0v) is 17.6. The minimum Gasteiger partial charge on any atom is -0.478 e. The molecule has 1 unspecified atom stereocenters. The van der Waals surface area contributed by atoms with Gasteiger partial charge in [-0.15, -0.1) is 0 Å². The van der Waals surface area contributed by atoms with Gasteiger partial charge in [0.15, 0.2) is 17.5 Å². The zero-order valence-electron chi connectivity index (χ0n) is 17.6. The van der Waals surface area contributed by atoms with Crippen molar-refractivity contribution in [2.45, 2.75) is 64.5 Å². The molecule has 1 saturated carbocycles. The van der Waals surface area contributed by atoms with Gasteiger partial charge < -0.3 is 5.11 Å². The molecule has 0 aromatic heterocycles. The first kappa shape index (κ1) is 23.3. The lowest BCUT2D eigenvalue weighted by atomic mass is 9.76. The highest BCUT2D eigenvalue weighted by molar-refractivity contribution is 5.92. The first-order valence-electron chi connectivity index (χ1n) is 11.0. The molecule has 6 heteroatoms. The first-order valence-corrected chi connectivity index (χ1v) is 11.0. The monoisotopic (exact) mass is 436 g/mol. The molecule has 1 aliphatic carbocycles. The molecule has 0 aliphatic heterocycles. The molecule has 31 heavy (non-hydrogen) atoms. The van der Waals surface area contributed by atoms with Crippen LogP contribution in [-0.2, 0) is 6.42 Å². The molecule has 3 rings (SSSR count). The van der Waals surface area contributed by atoms with Gasteiger partial charge in [-0.25, -0.2) is 22.4 Å². The minimum atomic E-state index is -1.59. The lowest BCUT2D eigenvalue weighted by molar-refractivity contribution is 0.0694. The van der Waals surface area contributed by atoms with Crippen LogP contribution in [-0.4, -0.2) is 17.2 Å². The van der Waals surface area contributed by atoms with Gasteiger partial charge in [0.25, 0.3) is 0 Å². The fourth-order valence-corrected chi connectivity index (χ4v) is 4.68. The van der Waals surface area contributed by atoms with Crippen LogP contribution < -0.4 is 0 Å². The predicted molar refractivity (Wildman–Crippen MR) is 112 cm³/mol. The molecule has 0 saturated heterocycles. The number of carbonyl (C=O) groups is 1. The van der Waals surface area contributed by atoms with Crippen molar-refractivity contribution in [2.75, 3.05) is 0 Å². The Hall–Kier alpha value is -2.37. The van der Waals surface area contributed by atoms with Crippen LogP contribution in [0.5, 0.6) is 0 Å². The number of aromatic carboxylic acids is 1. The molecule has 2 aromatic carbocycles.